The third-order valence-electron chi connectivity index (χ3n) is 3.77. The predicted octanol–water partition coefficient (Wildman–Crippen LogP) is 0.446. The summed E-state index contributed by atoms with van der Waals surface area (Å²) >= 11 is 0. The first-order valence-electron chi connectivity index (χ1n) is 5.90. The summed E-state index contributed by atoms with van der Waals surface area (Å²) in [4.78, 5) is 24.8. The minimum atomic E-state index is -0.435. The van der Waals surface area contributed by atoms with Gasteiger partial charge in [-0.2, -0.15) is 0 Å². The number of urea groups is 1. The van der Waals surface area contributed by atoms with Crippen LogP contribution in [-0.4, -0.2) is 35.5 Å². The van der Waals surface area contributed by atoms with Crippen LogP contribution in [0.25, 0.3) is 0 Å². The number of nitrogens with zero attached hydrogens (tertiary/aromatic N) is 1. The average Bonchev–Trinajstić information content (AvgIpc) is 2.59. The van der Waals surface area contributed by atoms with E-state index in [9.17, 15) is 9.59 Å². The van der Waals surface area contributed by atoms with Crippen LogP contribution in [0.1, 0.15) is 32.6 Å². The molecule has 5 heteroatoms. The van der Waals surface area contributed by atoms with Crippen molar-refractivity contribution in [3.63, 3.8) is 0 Å². The molecule has 3 N–H and O–H groups in total. The van der Waals surface area contributed by atoms with Crippen LogP contribution in [0.4, 0.5) is 4.79 Å². The van der Waals surface area contributed by atoms with Crippen LogP contribution in [0.3, 0.4) is 0 Å². The summed E-state index contributed by atoms with van der Waals surface area (Å²) in [5, 5.41) is 2.57. The molecule has 0 radical (unpaired) electrons. The van der Waals surface area contributed by atoms with Crippen LogP contribution >= 0.6 is 0 Å². The van der Waals surface area contributed by atoms with Crippen LogP contribution in [0.15, 0.2) is 0 Å². The molecule has 2 fully saturated rings. The molecule has 2 atom stereocenters. The summed E-state index contributed by atoms with van der Waals surface area (Å²) in [6, 6.07) is -0.274. The molecule has 0 aromatic rings. The van der Waals surface area contributed by atoms with Crippen molar-refractivity contribution in [2.45, 2.75) is 38.1 Å². The quantitative estimate of drug-likeness (QED) is 0.670. The van der Waals surface area contributed by atoms with Gasteiger partial charge in [0.1, 0.15) is 0 Å². The van der Waals surface area contributed by atoms with Gasteiger partial charge in [0, 0.05) is 6.54 Å². The van der Waals surface area contributed by atoms with E-state index in [-0.39, 0.29) is 18.5 Å². The molecule has 2 unspecified atom stereocenters. The number of carbonyl (C=O) groups is 2. The zero-order valence-electron chi connectivity index (χ0n) is 9.66. The Hall–Kier alpha value is -1.10. The normalized spacial score (nSPS) is 35.4. The highest BCUT2D eigenvalue weighted by Crippen LogP contribution is 2.37. The first kappa shape index (κ1) is 11.4. The second-order valence-electron chi connectivity index (χ2n) is 5.02. The summed E-state index contributed by atoms with van der Waals surface area (Å²) in [5.41, 5.74) is 5.40. The molecule has 5 nitrogen and oxygen atoms in total. The maximum Gasteiger partial charge on any atom is 0.325 e. The van der Waals surface area contributed by atoms with Gasteiger partial charge in [0.15, 0.2) is 0 Å². The number of nitrogens with one attached hydrogen (secondary N) is 1. The van der Waals surface area contributed by atoms with Crippen molar-refractivity contribution in [2.24, 2.45) is 11.7 Å². The molecular weight excluding hydrogens is 206 g/mol. The number of amides is 3. The van der Waals surface area contributed by atoms with E-state index in [1.54, 1.807) is 0 Å². The lowest BCUT2D eigenvalue weighted by atomic mass is 9.75. The molecule has 0 bridgehead atoms. The zero-order valence-corrected chi connectivity index (χ0v) is 9.66. The van der Waals surface area contributed by atoms with Crippen LogP contribution < -0.4 is 11.1 Å². The topological polar surface area (TPSA) is 75.4 Å². The van der Waals surface area contributed by atoms with Gasteiger partial charge in [0.2, 0.25) is 0 Å². The van der Waals surface area contributed by atoms with Crippen molar-refractivity contribution in [3.8, 4) is 0 Å². The van der Waals surface area contributed by atoms with E-state index >= 15 is 0 Å². The zero-order chi connectivity index (χ0) is 11.8. The lowest BCUT2D eigenvalue weighted by molar-refractivity contribution is -0.130. The minimum absolute atomic E-state index is 0.120. The Balaban J connectivity index is 2.26. The molecule has 0 aromatic heterocycles. The summed E-state index contributed by atoms with van der Waals surface area (Å²) in [6.07, 6.45) is 3.87. The van der Waals surface area contributed by atoms with Crippen LogP contribution in [0.5, 0.6) is 0 Å². The molecule has 2 aliphatic rings. The van der Waals surface area contributed by atoms with Gasteiger partial charge in [-0.1, -0.05) is 19.8 Å². The van der Waals surface area contributed by atoms with Crippen molar-refractivity contribution in [1.29, 1.82) is 0 Å². The van der Waals surface area contributed by atoms with Gasteiger partial charge in [-0.15, -0.1) is 0 Å². The Labute approximate surface area is 95.3 Å². The van der Waals surface area contributed by atoms with E-state index in [1.807, 2.05) is 0 Å². The molecule has 1 aliphatic carbocycles. The lowest BCUT2D eigenvalue weighted by Gasteiger charge is -2.44. The van der Waals surface area contributed by atoms with Gasteiger partial charge in [-0.05, 0) is 18.8 Å². The fourth-order valence-electron chi connectivity index (χ4n) is 3.01. The van der Waals surface area contributed by atoms with E-state index < -0.39 is 5.54 Å². The van der Waals surface area contributed by atoms with Crippen LogP contribution in [0, 0.1) is 5.92 Å². The lowest BCUT2D eigenvalue weighted by Crippen LogP contribution is -2.58. The number of rotatable bonds is 2. The molecule has 0 spiro atoms. The van der Waals surface area contributed by atoms with Gasteiger partial charge >= 0.3 is 6.03 Å². The maximum atomic E-state index is 11.7. The van der Waals surface area contributed by atoms with Crippen molar-refractivity contribution in [2.75, 3.05) is 13.1 Å². The average molecular weight is 225 g/mol. The highest BCUT2D eigenvalue weighted by molar-refractivity contribution is 6.02. The largest absolute Gasteiger partial charge is 0.329 e. The minimum Gasteiger partial charge on any atom is -0.329 e. The third-order valence-corrected chi connectivity index (χ3v) is 3.77. The number of nitrogens with two attached hydrogens (primary N) is 1. The smallest absolute Gasteiger partial charge is 0.325 e. The fraction of sp³-hybridized carbons (Fsp3) is 0.818. The van der Waals surface area contributed by atoms with E-state index in [2.05, 4.69) is 12.2 Å². The molecular formula is C11H19N3O2. The highest BCUT2D eigenvalue weighted by atomic mass is 16.2. The Kier molecular flexibility index (Phi) is 2.88. The number of imide groups is 1. The van der Waals surface area contributed by atoms with Crippen molar-refractivity contribution in [3.05, 3.63) is 0 Å². The van der Waals surface area contributed by atoms with Gasteiger partial charge in [0.25, 0.3) is 5.91 Å². The summed E-state index contributed by atoms with van der Waals surface area (Å²) < 4.78 is 0. The highest BCUT2D eigenvalue weighted by Gasteiger charge is 2.47. The molecule has 1 aliphatic heterocycles. The Morgan fingerprint density at radius 2 is 2.31 bits per heavy atom. The molecule has 3 amide bonds. The van der Waals surface area contributed by atoms with Gasteiger partial charge in [-0.25, -0.2) is 4.79 Å². The van der Waals surface area contributed by atoms with E-state index in [1.165, 1.54) is 4.90 Å². The summed E-state index contributed by atoms with van der Waals surface area (Å²) in [6.45, 7) is 2.65. The number of hydrogen-bond acceptors (Lipinski definition) is 3. The van der Waals surface area contributed by atoms with Gasteiger partial charge < -0.3 is 11.1 Å². The van der Waals surface area contributed by atoms with Crippen molar-refractivity contribution < 1.29 is 9.59 Å². The molecule has 1 saturated carbocycles. The van der Waals surface area contributed by atoms with E-state index in [4.69, 9.17) is 5.73 Å². The van der Waals surface area contributed by atoms with Crippen molar-refractivity contribution in [1.82, 2.24) is 10.2 Å². The van der Waals surface area contributed by atoms with Gasteiger partial charge in [-0.3, -0.25) is 9.69 Å². The SMILES string of the molecule is CC1CCCC(CN)(N2C(=O)CNC2=O)C1. The standard InChI is InChI=1S/C11H19N3O2/c1-8-3-2-4-11(5-8,7-12)14-9(15)6-13-10(14)16/h8H,2-7,12H2,1H3,(H,13,16). The first-order valence-corrected chi connectivity index (χ1v) is 5.90. The molecule has 90 valence electrons. The third kappa shape index (κ3) is 1.69. The van der Waals surface area contributed by atoms with E-state index in [0.29, 0.717) is 12.5 Å². The van der Waals surface area contributed by atoms with Crippen LogP contribution in [0.2, 0.25) is 0 Å². The molecule has 1 heterocycles. The molecule has 0 aromatic carbocycles. The second kappa shape index (κ2) is 4.05. The summed E-state index contributed by atoms with van der Waals surface area (Å²) in [7, 11) is 0. The van der Waals surface area contributed by atoms with E-state index in [0.717, 1.165) is 25.7 Å². The molecule has 2 rings (SSSR count). The predicted molar refractivity (Wildman–Crippen MR) is 59.7 cm³/mol. The number of hydrogen-bond donors (Lipinski definition) is 2. The van der Waals surface area contributed by atoms with Crippen molar-refractivity contribution >= 4 is 11.9 Å². The molecule has 1 saturated heterocycles. The fourth-order valence-corrected chi connectivity index (χ4v) is 3.01. The van der Waals surface area contributed by atoms with Crippen LogP contribution in [-0.2, 0) is 4.79 Å². The first-order chi connectivity index (χ1) is 7.59. The monoisotopic (exact) mass is 225 g/mol. The Morgan fingerprint density at radius 1 is 1.56 bits per heavy atom. The Bertz CT molecular complexity index is 302. The van der Waals surface area contributed by atoms with Gasteiger partial charge in [0.05, 0.1) is 12.1 Å². The second-order valence-corrected chi connectivity index (χ2v) is 5.02. The Morgan fingerprint density at radius 3 is 2.81 bits per heavy atom. The molecule has 16 heavy (non-hydrogen) atoms. The number of carbonyl (C=O) groups excluding carboxylic acids is 2. The summed E-state index contributed by atoms with van der Waals surface area (Å²) in [5.74, 6) is 0.392. The maximum absolute atomic E-state index is 11.7.